The molecule has 1 aromatic heterocycles. The molecule has 2 N–H and O–H groups in total. The number of carbonyl (C=O) groups excluding carboxylic acids is 1. The molecule has 140 valence electrons. The average molecular weight is 357 g/mol. The monoisotopic (exact) mass is 357 g/mol. The number of amides is 1. The zero-order valence-corrected chi connectivity index (χ0v) is 15.4. The summed E-state index contributed by atoms with van der Waals surface area (Å²) in [6.45, 7) is 0. The predicted molar refractivity (Wildman–Crippen MR) is 98.8 cm³/mol. The Morgan fingerprint density at radius 3 is 2.69 bits per heavy atom. The van der Waals surface area contributed by atoms with Gasteiger partial charge in [0.15, 0.2) is 0 Å². The highest BCUT2D eigenvalue weighted by atomic mass is 16.5. The molecule has 1 atom stereocenters. The van der Waals surface area contributed by atoms with Crippen LogP contribution in [0.3, 0.4) is 0 Å². The first-order valence-electron chi connectivity index (χ1n) is 9.14. The van der Waals surface area contributed by atoms with Gasteiger partial charge in [-0.05, 0) is 49.3 Å². The Morgan fingerprint density at radius 1 is 1.38 bits per heavy atom. The number of benzene rings is 1. The number of methoxy groups -OCH3 is 1. The first-order chi connectivity index (χ1) is 12.5. The van der Waals surface area contributed by atoms with Crippen LogP contribution in [0.5, 0.6) is 5.75 Å². The number of nitrogens with one attached hydrogen (secondary N) is 1. The molecule has 1 fully saturated rings. The molecular weight excluding hydrogens is 330 g/mol. The van der Waals surface area contributed by atoms with Crippen molar-refractivity contribution in [3.63, 3.8) is 0 Å². The van der Waals surface area contributed by atoms with Crippen molar-refractivity contribution in [2.75, 3.05) is 7.11 Å². The third kappa shape index (κ3) is 4.64. The van der Waals surface area contributed by atoms with E-state index in [0.717, 1.165) is 37.0 Å². The number of nitrogens with zero attached hydrogens (tertiary/aromatic N) is 2. The van der Waals surface area contributed by atoms with Crippen molar-refractivity contribution in [3.05, 3.63) is 47.8 Å². The maximum atomic E-state index is 12.4. The van der Waals surface area contributed by atoms with E-state index in [1.807, 2.05) is 37.5 Å². The lowest BCUT2D eigenvalue weighted by molar-refractivity contribution is -0.123. The van der Waals surface area contributed by atoms with Crippen molar-refractivity contribution in [2.45, 2.75) is 44.2 Å². The maximum absolute atomic E-state index is 12.4. The van der Waals surface area contributed by atoms with Crippen LogP contribution in [-0.4, -0.2) is 34.0 Å². The highest BCUT2D eigenvalue weighted by Gasteiger charge is 2.36. The minimum absolute atomic E-state index is 0.0498. The molecule has 0 saturated heterocycles. The summed E-state index contributed by atoms with van der Waals surface area (Å²) in [6, 6.07) is 7.88. The predicted octanol–water partition coefficient (Wildman–Crippen LogP) is 2.38. The summed E-state index contributed by atoms with van der Waals surface area (Å²) in [7, 11) is 3.52. The van der Waals surface area contributed by atoms with Crippen LogP contribution in [0.1, 0.15) is 42.9 Å². The molecule has 0 radical (unpaired) electrons. The SMILES string of the molecule is COc1ccc(CCCC(=O)N[C@@H](c2cnn(C)c2)C2CC(O)C2)cc1. The van der Waals surface area contributed by atoms with E-state index >= 15 is 0 Å². The van der Waals surface area contributed by atoms with E-state index in [9.17, 15) is 9.90 Å². The normalized spacial score (nSPS) is 20.3. The van der Waals surface area contributed by atoms with Gasteiger partial charge in [-0.25, -0.2) is 0 Å². The second-order valence-corrected chi connectivity index (χ2v) is 7.08. The van der Waals surface area contributed by atoms with Gasteiger partial charge in [-0.2, -0.15) is 5.10 Å². The Balaban J connectivity index is 1.51. The highest BCUT2D eigenvalue weighted by molar-refractivity contribution is 5.76. The van der Waals surface area contributed by atoms with Crippen molar-refractivity contribution in [3.8, 4) is 5.75 Å². The average Bonchev–Trinajstić information content (AvgIpc) is 3.04. The van der Waals surface area contributed by atoms with Crippen molar-refractivity contribution >= 4 is 5.91 Å². The number of aryl methyl sites for hydroxylation is 2. The number of hydrogen-bond donors (Lipinski definition) is 2. The van der Waals surface area contributed by atoms with Gasteiger partial charge in [0.1, 0.15) is 5.75 Å². The molecule has 1 heterocycles. The second-order valence-electron chi connectivity index (χ2n) is 7.08. The first-order valence-corrected chi connectivity index (χ1v) is 9.14. The number of aliphatic hydroxyl groups is 1. The molecule has 0 bridgehead atoms. The lowest BCUT2D eigenvalue weighted by atomic mass is 9.75. The van der Waals surface area contributed by atoms with E-state index in [4.69, 9.17) is 4.74 Å². The van der Waals surface area contributed by atoms with Gasteiger partial charge in [0.05, 0.1) is 25.5 Å². The topological polar surface area (TPSA) is 76.4 Å². The van der Waals surface area contributed by atoms with Crippen LogP contribution < -0.4 is 10.1 Å². The van der Waals surface area contributed by atoms with Crippen molar-refractivity contribution < 1.29 is 14.6 Å². The lowest BCUT2D eigenvalue weighted by Crippen LogP contribution is -2.41. The molecule has 26 heavy (non-hydrogen) atoms. The summed E-state index contributed by atoms with van der Waals surface area (Å²) in [4.78, 5) is 12.4. The number of carbonyl (C=O) groups is 1. The molecule has 1 aliphatic rings. The lowest BCUT2D eigenvalue weighted by Gasteiger charge is -2.37. The fraction of sp³-hybridized carbons (Fsp3) is 0.500. The molecule has 0 unspecified atom stereocenters. The summed E-state index contributed by atoms with van der Waals surface area (Å²) in [6.07, 6.45) is 7.09. The molecule has 6 nitrogen and oxygen atoms in total. The largest absolute Gasteiger partial charge is 0.497 e. The van der Waals surface area contributed by atoms with Gasteiger partial charge < -0.3 is 15.2 Å². The summed E-state index contributed by atoms with van der Waals surface area (Å²) in [5, 5.41) is 17.0. The zero-order chi connectivity index (χ0) is 18.5. The highest BCUT2D eigenvalue weighted by Crippen LogP contribution is 2.38. The molecule has 1 saturated carbocycles. The molecule has 0 aliphatic heterocycles. The van der Waals surface area contributed by atoms with Gasteiger partial charge in [-0.1, -0.05) is 12.1 Å². The Hall–Kier alpha value is -2.34. The number of aliphatic hydroxyl groups excluding tert-OH is 1. The van der Waals surface area contributed by atoms with Crippen LogP contribution in [0, 0.1) is 5.92 Å². The van der Waals surface area contributed by atoms with Crippen LogP contribution in [-0.2, 0) is 18.3 Å². The molecular formula is C20H27N3O3. The standard InChI is InChI=1S/C20H27N3O3/c1-23-13-16(12-21-23)20(15-10-17(24)11-15)22-19(25)5-3-4-14-6-8-18(26-2)9-7-14/h6-9,12-13,15,17,20,24H,3-5,10-11H2,1-2H3,(H,22,25)/t15?,17?,20-/m1/s1. The van der Waals surface area contributed by atoms with E-state index in [1.165, 1.54) is 5.56 Å². The minimum Gasteiger partial charge on any atom is -0.497 e. The third-order valence-corrected chi connectivity index (χ3v) is 5.05. The van der Waals surface area contributed by atoms with E-state index in [-0.39, 0.29) is 24.0 Å². The molecule has 1 aromatic carbocycles. The van der Waals surface area contributed by atoms with Gasteiger partial charge in [0, 0.05) is 25.2 Å². The van der Waals surface area contributed by atoms with Crippen molar-refractivity contribution in [1.82, 2.24) is 15.1 Å². The van der Waals surface area contributed by atoms with Gasteiger partial charge in [-0.3, -0.25) is 9.48 Å². The molecule has 3 rings (SSSR count). The Morgan fingerprint density at radius 2 is 2.12 bits per heavy atom. The number of hydrogen-bond acceptors (Lipinski definition) is 4. The van der Waals surface area contributed by atoms with E-state index in [0.29, 0.717) is 6.42 Å². The van der Waals surface area contributed by atoms with E-state index in [1.54, 1.807) is 18.0 Å². The Kier molecular flexibility index (Phi) is 5.93. The van der Waals surface area contributed by atoms with Crippen LogP contribution in [0.15, 0.2) is 36.7 Å². The third-order valence-electron chi connectivity index (χ3n) is 5.05. The van der Waals surface area contributed by atoms with Gasteiger partial charge in [0.2, 0.25) is 5.91 Å². The quantitative estimate of drug-likeness (QED) is 0.760. The van der Waals surface area contributed by atoms with Crippen LogP contribution in [0.25, 0.3) is 0 Å². The van der Waals surface area contributed by atoms with Gasteiger partial charge in [-0.15, -0.1) is 0 Å². The zero-order valence-electron chi connectivity index (χ0n) is 15.4. The maximum Gasteiger partial charge on any atom is 0.220 e. The minimum atomic E-state index is -0.244. The van der Waals surface area contributed by atoms with Crippen LogP contribution in [0.2, 0.25) is 0 Å². The second kappa shape index (κ2) is 8.36. The smallest absolute Gasteiger partial charge is 0.220 e. The summed E-state index contributed by atoms with van der Waals surface area (Å²) >= 11 is 0. The number of aromatic nitrogens is 2. The van der Waals surface area contributed by atoms with Crippen molar-refractivity contribution in [1.29, 1.82) is 0 Å². The fourth-order valence-electron chi connectivity index (χ4n) is 3.47. The molecule has 0 spiro atoms. The Labute approximate surface area is 154 Å². The summed E-state index contributed by atoms with van der Waals surface area (Å²) in [5.41, 5.74) is 2.21. The van der Waals surface area contributed by atoms with Crippen molar-refractivity contribution in [2.24, 2.45) is 13.0 Å². The molecule has 6 heteroatoms. The Bertz CT molecular complexity index is 720. The summed E-state index contributed by atoms with van der Waals surface area (Å²) in [5.74, 6) is 1.17. The number of rotatable bonds is 8. The molecule has 1 aliphatic carbocycles. The van der Waals surface area contributed by atoms with Crippen LogP contribution in [0.4, 0.5) is 0 Å². The van der Waals surface area contributed by atoms with E-state index < -0.39 is 0 Å². The molecule has 1 amide bonds. The van der Waals surface area contributed by atoms with Gasteiger partial charge >= 0.3 is 0 Å². The van der Waals surface area contributed by atoms with Crippen LogP contribution >= 0.6 is 0 Å². The van der Waals surface area contributed by atoms with E-state index in [2.05, 4.69) is 10.4 Å². The summed E-state index contributed by atoms with van der Waals surface area (Å²) < 4.78 is 6.90. The first kappa shape index (κ1) is 18.5. The number of ether oxygens (including phenoxy) is 1. The molecule has 2 aromatic rings. The fourth-order valence-corrected chi connectivity index (χ4v) is 3.47. The van der Waals surface area contributed by atoms with Gasteiger partial charge in [0.25, 0.3) is 0 Å².